The average Bonchev–Trinajstić information content (AvgIpc) is 2.67. The number of aromatic nitrogens is 2. The van der Waals surface area contributed by atoms with Crippen LogP contribution in [0.25, 0.3) is 0 Å². The van der Waals surface area contributed by atoms with E-state index in [4.69, 9.17) is 4.74 Å². The molecule has 2 rings (SSSR count). The van der Waals surface area contributed by atoms with Crippen LogP contribution in [0, 0.1) is 3.57 Å². The van der Waals surface area contributed by atoms with Crippen molar-refractivity contribution >= 4 is 22.6 Å². The first-order chi connectivity index (χ1) is 7.16. The van der Waals surface area contributed by atoms with Crippen LogP contribution in [-0.2, 0) is 11.3 Å². The van der Waals surface area contributed by atoms with Crippen molar-refractivity contribution in [2.24, 2.45) is 0 Å². The van der Waals surface area contributed by atoms with Gasteiger partial charge in [0.2, 0.25) is 0 Å². The quantitative estimate of drug-likeness (QED) is 0.798. The third-order valence-electron chi connectivity index (χ3n) is 2.39. The summed E-state index contributed by atoms with van der Waals surface area (Å²) in [6.45, 7) is 1.28. The first-order valence-electron chi connectivity index (χ1n) is 4.77. The lowest BCUT2D eigenvalue weighted by Crippen LogP contribution is -2.33. The average molecular weight is 322 g/mol. The molecule has 1 unspecified atom stereocenters. The van der Waals surface area contributed by atoms with Gasteiger partial charge in [0.25, 0.3) is 5.56 Å². The molecule has 1 aromatic rings. The number of ether oxygens (including phenoxy) is 1. The Balaban J connectivity index is 2.24. The third kappa shape index (κ3) is 2.49. The molecule has 15 heavy (non-hydrogen) atoms. The molecule has 0 radical (unpaired) electrons. The predicted molar refractivity (Wildman–Crippen MR) is 63.0 cm³/mol. The molecule has 0 aromatic carbocycles. The minimum atomic E-state index is -0.365. The normalized spacial score (nSPS) is 20.7. The Morgan fingerprint density at radius 2 is 2.40 bits per heavy atom. The zero-order chi connectivity index (χ0) is 10.8. The van der Waals surface area contributed by atoms with Gasteiger partial charge in [0.1, 0.15) is 0 Å². The van der Waals surface area contributed by atoms with Crippen molar-refractivity contribution in [3.05, 3.63) is 30.6 Å². The summed E-state index contributed by atoms with van der Waals surface area (Å²) in [6, 6.07) is 0. The van der Waals surface area contributed by atoms with Crippen LogP contribution in [0.1, 0.15) is 12.8 Å². The maximum atomic E-state index is 11.4. The van der Waals surface area contributed by atoms with Gasteiger partial charge in [-0.3, -0.25) is 14.3 Å². The minimum absolute atomic E-state index is 0.101. The Morgan fingerprint density at radius 3 is 3.07 bits per heavy atom. The summed E-state index contributed by atoms with van der Waals surface area (Å²) >= 11 is 1.91. The van der Waals surface area contributed by atoms with Gasteiger partial charge in [-0.2, -0.15) is 0 Å². The minimum Gasteiger partial charge on any atom is -0.376 e. The summed E-state index contributed by atoms with van der Waals surface area (Å²) in [7, 11) is 0. The fourth-order valence-electron chi connectivity index (χ4n) is 1.63. The van der Waals surface area contributed by atoms with Gasteiger partial charge in [-0.25, -0.2) is 4.79 Å². The maximum Gasteiger partial charge on any atom is 0.328 e. The molecule has 0 spiro atoms. The van der Waals surface area contributed by atoms with E-state index >= 15 is 0 Å². The Kier molecular flexibility index (Phi) is 3.25. The monoisotopic (exact) mass is 322 g/mol. The summed E-state index contributed by atoms with van der Waals surface area (Å²) in [4.78, 5) is 24.8. The van der Waals surface area contributed by atoms with E-state index in [2.05, 4.69) is 4.98 Å². The highest BCUT2D eigenvalue weighted by Gasteiger charge is 2.16. The highest BCUT2D eigenvalue weighted by Crippen LogP contribution is 2.13. The standard InChI is InChI=1S/C9H11IN2O3/c10-7-5-12(9(14)11-8(7)13)4-6-2-1-3-15-6/h5-6H,1-4H2,(H,11,13,14). The van der Waals surface area contributed by atoms with E-state index < -0.39 is 0 Å². The number of rotatable bonds is 2. The van der Waals surface area contributed by atoms with E-state index in [0.717, 1.165) is 19.4 Å². The van der Waals surface area contributed by atoms with Gasteiger partial charge in [-0.15, -0.1) is 0 Å². The van der Waals surface area contributed by atoms with Crippen LogP contribution >= 0.6 is 22.6 Å². The van der Waals surface area contributed by atoms with E-state index in [1.54, 1.807) is 6.20 Å². The fraction of sp³-hybridized carbons (Fsp3) is 0.556. The van der Waals surface area contributed by atoms with Crippen LogP contribution in [0.15, 0.2) is 15.8 Å². The van der Waals surface area contributed by atoms with E-state index in [1.807, 2.05) is 22.6 Å². The largest absolute Gasteiger partial charge is 0.376 e. The molecule has 6 heteroatoms. The summed E-state index contributed by atoms with van der Waals surface area (Å²) in [5, 5.41) is 0. The highest BCUT2D eigenvalue weighted by atomic mass is 127. The summed E-state index contributed by atoms with van der Waals surface area (Å²) in [5.41, 5.74) is -0.694. The van der Waals surface area contributed by atoms with Crippen molar-refractivity contribution < 1.29 is 4.74 Å². The lowest BCUT2D eigenvalue weighted by atomic mass is 10.2. The molecule has 1 fully saturated rings. The third-order valence-corrected chi connectivity index (χ3v) is 3.16. The van der Waals surface area contributed by atoms with Gasteiger partial charge in [0.15, 0.2) is 0 Å². The Bertz CT molecular complexity index is 459. The molecule has 1 atom stereocenters. The number of halogens is 1. The lowest BCUT2D eigenvalue weighted by Gasteiger charge is -2.10. The molecule has 0 saturated carbocycles. The van der Waals surface area contributed by atoms with Crippen LogP contribution in [0.5, 0.6) is 0 Å². The molecule has 5 nitrogen and oxygen atoms in total. The Hall–Kier alpha value is -0.630. The molecular formula is C9H11IN2O3. The molecule has 2 heterocycles. The molecule has 1 aliphatic rings. The number of H-pyrrole nitrogens is 1. The first-order valence-corrected chi connectivity index (χ1v) is 5.85. The van der Waals surface area contributed by atoms with Crippen molar-refractivity contribution in [2.45, 2.75) is 25.5 Å². The zero-order valence-electron chi connectivity index (χ0n) is 8.03. The Morgan fingerprint density at radius 1 is 1.60 bits per heavy atom. The van der Waals surface area contributed by atoms with E-state index in [1.165, 1.54) is 4.57 Å². The number of nitrogens with one attached hydrogen (secondary N) is 1. The molecule has 0 aliphatic carbocycles. The van der Waals surface area contributed by atoms with Crippen molar-refractivity contribution in [1.29, 1.82) is 0 Å². The summed E-state index contributed by atoms with van der Waals surface area (Å²) < 4.78 is 7.45. The highest BCUT2D eigenvalue weighted by molar-refractivity contribution is 14.1. The second kappa shape index (κ2) is 4.48. The second-order valence-electron chi connectivity index (χ2n) is 3.52. The summed E-state index contributed by atoms with van der Waals surface area (Å²) in [5.74, 6) is 0. The topological polar surface area (TPSA) is 64.1 Å². The molecule has 0 amide bonds. The maximum absolute atomic E-state index is 11.4. The van der Waals surface area contributed by atoms with Crippen LogP contribution in [-0.4, -0.2) is 22.3 Å². The molecule has 1 aromatic heterocycles. The second-order valence-corrected chi connectivity index (χ2v) is 4.69. The zero-order valence-corrected chi connectivity index (χ0v) is 10.2. The Labute approximate surface area is 99.6 Å². The van der Waals surface area contributed by atoms with Crippen molar-refractivity contribution in [3.63, 3.8) is 0 Å². The van der Waals surface area contributed by atoms with Gasteiger partial charge in [0, 0.05) is 12.8 Å². The SMILES string of the molecule is O=c1[nH]c(=O)n(CC2CCCO2)cc1I. The molecule has 1 saturated heterocycles. The van der Waals surface area contributed by atoms with Gasteiger partial charge in [-0.05, 0) is 35.4 Å². The molecule has 0 bridgehead atoms. The summed E-state index contributed by atoms with van der Waals surface area (Å²) in [6.07, 6.45) is 3.69. The fourth-order valence-corrected chi connectivity index (χ4v) is 2.10. The van der Waals surface area contributed by atoms with Crippen LogP contribution < -0.4 is 11.2 Å². The van der Waals surface area contributed by atoms with Crippen LogP contribution in [0.2, 0.25) is 0 Å². The number of aromatic amines is 1. The number of hydrogen-bond donors (Lipinski definition) is 1. The molecule has 1 aliphatic heterocycles. The van der Waals surface area contributed by atoms with E-state index in [9.17, 15) is 9.59 Å². The van der Waals surface area contributed by atoms with E-state index in [0.29, 0.717) is 10.1 Å². The van der Waals surface area contributed by atoms with Crippen LogP contribution in [0.3, 0.4) is 0 Å². The smallest absolute Gasteiger partial charge is 0.328 e. The molecule has 1 N–H and O–H groups in total. The van der Waals surface area contributed by atoms with Crippen molar-refractivity contribution in [1.82, 2.24) is 9.55 Å². The van der Waals surface area contributed by atoms with Gasteiger partial charge >= 0.3 is 5.69 Å². The molecule has 82 valence electrons. The number of hydrogen-bond acceptors (Lipinski definition) is 3. The first kappa shape index (κ1) is 10.9. The number of nitrogens with zero attached hydrogens (tertiary/aromatic N) is 1. The van der Waals surface area contributed by atoms with Gasteiger partial charge in [0.05, 0.1) is 16.2 Å². The van der Waals surface area contributed by atoms with Crippen molar-refractivity contribution in [2.75, 3.05) is 6.61 Å². The molecular weight excluding hydrogens is 311 g/mol. The van der Waals surface area contributed by atoms with E-state index in [-0.39, 0.29) is 17.4 Å². The lowest BCUT2D eigenvalue weighted by molar-refractivity contribution is 0.0957. The van der Waals surface area contributed by atoms with Crippen LogP contribution in [0.4, 0.5) is 0 Å². The van der Waals surface area contributed by atoms with Crippen molar-refractivity contribution in [3.8, 4) is 0 Å². The predicted octanol–water partition coefficient (Wildman–Crippen LogP) is 0.320. The van der Waals surface area contributed by atoms with Gasteiger partial charge < -0.3 is 4.74 Å². The van der Waals surface area contributed by atoms with Gasteiger partial charge in [-0.1, -0.05) is 0 Å².